The topological polar surface area (TPSA) is 52.1 Å². The Hall–Kier alpha value is -1.75. The Balaban J connectivity index is 2.13. The van der Waals surface area contributed by atoms with Gasteiger partial charge < -0.3 is 4.74 Å². The van der Waals surface area contributed by atoms with Crippen LogP contribution in [0.25, 0.3) is 0 Å². The average molecular weight is 307 g/mol. The van der Waals surface area contributed by atoms with Crippen molar-refractivity contribution in [2.45, 2.75) is 13.5 Å². The van der Waals surface area contributed by atoms with Crippen LogP contribution in [0.3, 0.4) is 0 Å². The number of carbonyl (C=O) groups excluding carboxylic acids is 1. The van der Waals surface area contributed by atoms with Gasteiger partial charge in [0.15, 0.2) is 6.29 Å². The van der Waals surface area contributed by atoms with E-state index in [2.05, 4.69) is 25.9 Å². The normalized spacial score (nSPS) is 10.1. The number of nitrogens with zero attached hydrogens (tertiary/aromatic N) is 2. The molecule has 0 spiro atoms. The van der Waals surface area contributed by atoms with Crippen molar-refractivity contribution < 1.29 is 9.53 Å². The SMILES string of the molecule is Cc1ccc(OCc2cncc(Br)c2)c(C=O)n1. The van der Waals surface area contributed by atoms with Gasteiger partial charge in [0.25, 0.3) is 0 Å². The standard InChI is InChI=1S/C13H11BrN2O2/c1-9-2-3-13(12(7-17)16-9)18-8-10-4-11(14)6-15-5-10/h2-7H,8H2,1H3. The summed E-state index contributed by atoms with van der Waals surface area (Å²) in [5, 5.41) is 0. The minimum Gasteiger partial charge on any atom is -0.486 e. The molecule has 0 saturated carbocycles. The summed E-state index contributed by atoms with van der Waals surface area (Å²) in [7, 11) is 0. The van der Waals surface area contributed by atoms with E-state index in [0.717, 1.165) is 15.7 Å². The van der Waals surface area contributed by atoms with Gasteiger partial charge in [-0.15, -0.1) is 0 Å². The molecule has 0 radical (unpaired) electrons. The summed E-state index contributed by atoms with van der Waals surface area (Å²) in [4.78, 5) is 19.0. The maximum absolute atomic E-state index is 10.9. The number of aldehydes is 1. The number of aromatic nitrogens is 2. The third kappa shape index (κ3) is 3.13. The van der Waals surface area contributed by atoms with Crippen LogP contribution in [0, 0.1) is 6.92 Å². The van der Waals surface area contributed by atoms with Crippen molar-refractivity contribution in [2.24, 2.45) is 0 Å². The van der Waals surface area contributed by atoms with Crippen molar-refractivity contribution in [1.29, 1.82) is 0 Å². The fourth-order valence-corrected chi connectivity index (χ4v) is 1.88. The number of hydrogen-bond donors (Lipinski definition) is 0. The van der Waals surface area contributed by atoms with Crippen molar-refractivity contribution >= 4 is 22.2 Å². The molecule has 0 aliphatic rings. The second kappa shape index (κ2) is 5.73. The van der Waals surface area contributed by atoms with E-state index < -0.39 is 0 Å². The van der Waals surface area contributed by atoms with E-state index in [1.165, 1.54) is 0 Å². The smallest absolute Gasteiger partial charge is 0.172 e. The van der Waals surface area contributed by atoms with Crippen molar-refractivity contribution in [3.63, 3.8) is 0 Å². The number of hydrogen-bond acceptors (Lipinski definition) is 4. The average Bonchev–Trinajstić information content (AvgIpc) is 2.37. The molecule has 0 aromatic carbocycles. The molecule has 92 valence electrons. The van der Waals surface area contributed by atoms with Crippen LogP contribution in [0.15, 0.2) is 35.1 Å². The van der Waals surface area contributed by atoms with Crippen molar-refractivity contribution in [3.8, 4) is 5.75 Å². The Bertz CT molecular complexity index is 573. The molecule has 2 heterocycles. The molecular formula is C13H11BrN2O2. The summed E-state index contributed by atoms with van der Waals surface area (Å²) in [5.41, 5.74) is 2.02. The second-order valence-corrected chi connectivity index (χ2v) is 4.67. The molecule has 2 aromatic rings. The molecule has 0 unspecified atom stereocenters. The first-order valence-corrected chi connectivity index (χ1v) is 6.13. The molecule has 2 rings (SSSR count). The highest BCUT2D eigenvalue weighted by molar-refractivity contribution is 9.10. The molecule has 2 aromatic heterocycles. The van der Waals surface area contributed by atoms with Gasteiger partial charge in [0.05, 0.1) is 0 Å². The van der Waals surface area contributed by atoms with Gasteiger partial charge in [0, 0.05) is 28.1 Å². The zero-order valence-corrected chi connectivity index (χ0v) is 11.3. The number of pyridine rings is 2. The lowest BCUT2D eigenvalue weighted by molar-refractivity contribution is 0.111. The molecule has 0 aliphatic carbocycles. The maximum atomic E-state index is 10.9. The largest absolute Gasteiger partial charge is 0.486 e. The summed E-state index contributed by atoms with van der Waals surface area (Å²) in [5.74, 6) is 0.482. The Labute approximate surface area is 113 Å². The van der Waals surface area contributed by atoms with Crippen LogP contribution in [0.2, 0.25) is 0 Å². The summed E-state index contributed by atoms with van der Waals surface area (Å²) in [6.07, 6.45) is 4.11. The molecule has 18 heavy (non-hydrogen) atoms. The van der Waals surface area contributed by atoms with Gasteiger partial charge in [-0.05, 0) is 41.1 Å². The van der Waals surface area contributed by atoms with Gasteiger partial charge in [0.2, 0.25) is 0 Å². The Morgan fingerprint density at radius 1 is 1.39 bits per heavy atom. The van der Waals surface area contributed by atoms with E-state index in [4.69, 9.17) is 4.74 Å². The van der Waals surface area contributed by atoms with Crippen molar-refractivity contribution in [1.82, 2.24) is 9.97 Å². The monoisotopic (exact) mass is 306 g/mol. The van der Waals surface area contributed by atoms with E-state index in [9.17, 15) is 4.79 Å². The van der Waals surface area contributed by atoms with Gasteiger partial charge in [0.1, 0.15) is 18.1 Å². The lowest BCUT2D eigenvalue weighted by Crippen LogP contribution is -2.01. The highest BCUT2D eigenvalue weighted by Gasteiger charge is 2.05. The zero-order chi connectivity index (χ0) is 13.0. The third-order valence-corrected chi connectivity index (χ3v) is 2.73. The van der Waals surface area contributed by atoms with Gasteiger partial charge in [-0.3, -0.25) is 9.78 Å². The predicted molar refractivity (Wildman–Crippen MR) is 70.6 cm³/mol. The van der Waals surface area contributed by atoms with E-state index in [-0.39, 0.29) is 0 Å². The molecule has 0 atom stereocenters. The van der Waals surface area contributed by atoms with E-state index in [1.54, 1.807) is 18.5 Å². The molecule has 0 amide bonds. The van der Waals surface area contributed by atoms with Gasteiger partial charge >= 0.3 is 0 Å². The summed E-state index contributed by atoms with van der Waals surface area (Å²) in [6.45, 7) is 2.17. The minimum absolute atomic E-state index is 0.318. The first-order chi connectivity index (χ1) is 8.69. The second-order valence-electron chi connectivity index (χ2n) is 3.75. The van der Waals surface area contributed by atoms with Crippen LogP contribution >= 0.6 is 15.9 Å². The van der Waals surface area contributed by atoms with Gasteiger partial charge in [-0.25, -0.2) is 4.98 Å². The van der Waals surface area contributed by atoms with Crippen molar-refractivity contribution in [3.05, 3.63) is 52.0 Å². The van der Waals surface area contributed by atoms with Crippen molar-refractivity contribution in [2.75, 3.05) is 0 Å². The van der Waals surface area contributed by atoms with Crippen LogP contribution in [0.5, 0.6) is 5.75 Å². The van der Waals surface area contributed by atoms with Crippen LogP contribution in [-0.4, -0.2) is 16.3 Å². The Morgan fingerprint density at radius 2 is 2.22 bits per heavy atom. The maximum Gasteiger partial charge on any atom is 0.172 e. The molecule has 0 N–H and O–H groups in total. The molecule has 0 saturated heterocycles. The molecule has 0 fully saturated rings. The summed E-state index contributed by atoms with van der Waals surface area (Å²) in [6, 6.07) is 5.47. The van der Waals surface area contributed by atoms with Gasteiger partial charge in [-0.2, -0.15) is 0 Å². The number of aryl methyl sites for hydroxylation is 1. The fraction of sp³-hybridized carbons (Fsp3) is 0.154. The highest BCUT2D eigenvalue weighted by Crippen LogP contribution is 2.17. The molecular weight excluding hydrogens is 296 g/mol. The Morgan fingerprint density at radius 3 is 2.94 bits per heavy atom. The van der Waals surface area contributed by atoms with Crippen LogP contribution in [-0.2, 0) is 6.61 Å². The van der Waals surface area contributed by atoms with Crippen LogP contribution < -0.4 is 4.74 Å². The summed E-state index contributed by atoms with van der Waals surface area (Å²) >= 11 is 3.34. The molecule has 0 aliphatic heterocycles. The Kier molecular flexibility index (Phi) is 4.04. The number of halogens is 1. The first kappa shape index (κ1) is 12.7. The molecule has 0 bridgehead atoms. The highest BCUT2D eigenvalue weighted by atomic mass is 79.9. The number of rotatable bonds is 4. The molecule has 4 nitrogen and oxygen atoms in total. The lowest BCUT2D eigenvalue weighted by Gasteiger charge is -2.08. The van der Waals surface area contributed by atoms with Gasteiger partial charge in [-0.1, -0.05) is 0 Å². The number of ether oxygens (including phenoxy) is 1. The molecule has 5 heteroatoms. The fourth-order valence-electron chi connectivity index (χ4n) is 1.47. The van der Waals surface area contributed by atoms with E-state index >= 15 is 0 Å². The van der Waals surface area contributed by atoms with Crippen LogP contribution in [0.1, 0.15) is 21.7 Å². The first-order valence-electron chi connectivity index (χ1n) is 5.34. The van der Waals surface area contributed by atoms with E-state index in [0.29, 0.717) is 24.3 Å². The summed E-state index contributed by atoms with van der Waals surface area (Å²) < 4.78 is 6.46. The third-order valence-electron chi connectivity index (χ3n) is 2.29. The van der Waals surface area contributed by atoms with Crippen LogP contribution in [0.4, 0.5) is 0 Å². The van der Waals surface area contributed by atoms with E-state index in [1.807, 2.05) is 19.1 Å². The number of carbonyl (C=O) groups is 1. The minimum atomic E-state index is 0.318. The lowest BCUT2D eigenvalue weighted by atomic mass is 10.3. The zero-order valence-electron chi connectivity index (χ0n) is 9.76. The quantitative estimate of drug-likeness (QED) is 0.815. The predicted octanol–water partition coefficient (Wildman–Crippen LogP) is 2.94.